The Bertz CT molecular complexity index is 1340. The van der Waals surface area contributed by atoms with Crippen LogP contribution in [0.25, 0.3) is 5.69 Å². The van der Waals surface area contributed by atoms with Gasteiger partial charge in [0.25, 0.3) is 0 Å². The van der Waals surface area contributed by atoms with Gasteiger partial charge in [0.2, 0.25) is 0 Å². The molecule has 1 saturated heterocycles. The monoisotopic (exact) mass is 489 g/mol. The second-order valence-corrected chi connectivity index (χ2v) is 9.19. The number of nitrogens with one attached hydrogen (secondary N) is 1. The lowest BCUT2D eigenvalue weighted by atomic mass is 9.96. The van der Waals surface area contributed by atoms with Crippen LogP contribution < -0.4 is 5.32 Å². The topological polar surface area (TPSA) is 66.2 Å². The van der Waals surface area contributed by atoms with Crippen molar-refractivity contribution in [3.63, 3.8) is 0 Å². The van der Waals surface area contributed by atoms with E-state index in [4.69, 9.17) is 23.8 Å². The van der Waals surface area contributed by atoms with Crippen LogP contribution in [0.4, 0.5) is 0 Å². The average molecular weight is 490 g/mol. The standard InChI is InChI=1S/C26H24ClN5OS/c1-16-13-20(17(2)32(16)22-14-18(27)9-10-23(22)33)25-24(21-8-4-6-12-29-21)30-26(34)31(25)15-19-7-3-5-11-28-19/h3-14,24-25,33H,15H2,1-2H3,(H,30,34)/t24-,25-/m0/s1. The third-order valence-electron chi connectivity index (χ3n) is 6.22. The molecule has 0 aliphatic carbocycles. The average Bonchev–Trinajstić information content (AvgIpc) is 3.31. The van der Waals surface area contributed by atoms with Gasteiger partial charge in [0.15, 0.2) is 5.11 Å². The molecule has 0 unspecified atom stereocenters. The number of rotatable bonds is 5. The van der Waals surface area contributed by atoms with Gasteiger partial charge in [-0.05, 0) is 80.2 Å². The maximum Gasteiger partial charge on any atom is 0.170 e. The summed E-state index contributed by atoms with van der Waals surface area (Å²) in [4.78, 5) is 11.3. The number of hydrogen-bond acceptors (Lipinski definition) is 4. The van der Waals surface area contributed by atoms with Crippen LogP contribution in [0.1, 0.15) is 40.4 Å². The Morgan fingerprint density at radius 3 is 2.50 bits per heavy atom. The lowest BCUT2D eigenvalue weighted by Gasteiger charge is -2.28. The quantitative estimate of drug-likeness (QED) is 0.365. The minimum Gasteiger partial charge on any atom is -0.506 e. The van der Waals surface area contributed by atoms with Gasteiger partial charge in [-0.1, -0.05) is 23.7 Å². The number of thiocarbonyl (C=S) groups is 1. The number of nitrogens with zero attached hydrogens (tertiary/aromatic N) is 4. The second-order valence-electron chi connectivity index (χ2n) is 8.37. The molecule has 8 heteroatoms. The van der Waals surface area contributed by atoms with E-state index in [1.165, 1.54) is 0 Å². The second kappa shape index (κ2) is 9.08. The molecule has 34 heavy (non-hydrogen) atoms. The Labute approximate surface area is 208 Å². The molecular formula is C26H24ClN5OS. The van der Waals surface area contributed by atoms with Gasteiger partial charge in [0.05, 0.1) is 35.7 Å². The number of aromatic nitrogens is 3. The summed E-state index contributed by atoms with van der Waals surface area (Å²) in [7, 11) is 0. The number of hydrogen-bond donors (Lipinski definition) is 2. The number of pyridine rings is 2. The summed E-state index contributed by atoms with van der Waals surface area (Å²) in [6.07, 6.45) is 3.59. The smallest absolute Gasteiger partial charge is 0.170 e. The summed E-state index contributed by atoms with van der Waals surface area (Å²) in [5.74, 6) is 0.171. The highest BCUT2D eigenvalue weighted by Crippen LogP contribution is 2.42. The highest BCUT2D eigenvalue weighted by Gasteiger charge is 2.41. The van der Waals surface area contributed by atoms with Gasteiger partial charge in [-0.2, -0.15) is 0 Å². The molecule has 4 aromatic rings. The van der Waals surface area contributed by atoms with Crippen molar-refractivity contribution in [2.45, 2.75) is 32.5 Å². The first-order chi connectivity index (χ1) is 16.4. The van der Waals surface area contributed by atoms with Gasteiger partial charge >= 0.3 is 0 Å². The zero-order valence-electron chi connectivity index (χ0n) is 18.8. The predicted octanol–water partition coefficient (Wildman–Crippen LogP) is 5.42. The molecule has 3 aromatic heterocycles. The molecule has 0 bridgehead atoms. The van der Waals surface area contributed by atoms with Crippen molar-refractivity contribution < 1.29 is 5.11 Å². The first-order valence-corrected chi connectivity index (χ1v) is 11.8. The molecule has 0 radical (unpaired) electrons. The maximum absolute atomic E-state index is 10.6. The van der Waals surface area contributed by atoms with E-state index in [9.17, 15) is 5.11 Å². The van der Waals surface area contributed by atoms with E-state index in [-0.39, 0.29) is 17.8 Å². The van der Waals surface area contributed by atoms with Crippen LogP contribution in [0.15, 0.2) is 73.1 Å². The summed E-state index contributed by atoms with van der Waals surface area (Å²) in [5, 5.41) is 15.3. The zero-order valence-corrected chi connectivity index (χ0v) is 20.4. The Morgan fingerprint density at radius 1 is 1.03 bits per heavy atom. The van der Waals surface area contributed by atoms with Crippen molar-refractivity contribution in [2.75, 3.05) is 0 Å². The van der Waals surface area contributed by atoms with E-state index in [1.54, 1.807) is 30.6 Å². The van der Waals surface area contributed by atoms with E-state index in [0.717, 1.165) is 28.3 Å². The molecule has 4 heterocycles. The molecular weight excluding hydrogens is 466 g/mol. The van der Waals surface area contributed by atoms with Gasteiger partial charge in [-0.3, -0.25) is 9.97 Å². The summed E-state index contributed by atoms with van der Waals surface area (Å²) in [6.45, 7) is 4.64. The van der Waals surface area contributed by atoms with Crippen LogP contribution in [0, 0.1) is 13.8 Å². The van der Waals surface area contributed by atoms with Crippen LogP contribution in [0.2, 0.25) is 5.02 Å². The molecule has 0 spiro atoms. The fraction of sp³-hybridized carbons (Fsp3) is 0.192. The third-order valence-corrected chi connectivity index (χ3v) is 6.81. The van der Waals surface area contributed by atoms with Gasteiger partial charge in [0, 0.05) is 28.8 Å². The van der Waals surface area contributed by atoms with Crippen LogP contribution >= 0.6 is 23.8 Å². The van der Waals surface area contributed by atoms with Gasteiger partial charge in [0.1, 0.15) is 5.75 Å². The zero-order chi connectivity index (χ0) is 23.8. The SMILES string of the molecule is Cc1cc([C@H]2[C@H](c3ccccn3)NC(=S)N2Cc2ccccn2)c(C)n1-c1cc(Cl)ccc1O. The lowest BCUT2D eigenvalue weighted by molar-refractivity contribution is 0.307. The molecule has 172 valence electrons. The predicted molar refractivity (Wildman–Crippen MR) is 137 cm³/mol. The fourth-order valence-corrected chi connectivity index (χ4v) is 5.19. The van der Waals surface area contributed by atoms with Gasteiger partial charge < -0.3 is 19.9 Å². The number of aryl methyl sites for hydroxylation is 1. The Hall–Kier alpha value is -3.42. The molecule has 5 rings (SSSR count). The molecule has 1 aromatic carbocycles. The minimum atomic E-state index is -0.140. The highest BCUT2D eigenvalue weighted by atomic mass is 35.5. The molecule has 1 aliphatic heterocycles. The summed E-state index contributed by atoms with van der Waals surface area (Å²) in [6, 6.07) is 18.8. The van der Waals surface area contributed by atoms with E-state index in [0.29, 0.717) is 22.4 Å². The van der Waals surface area contributed by atoms with Crippen molar-refractivity contribution >= 4 is 28.9 Å². The van der Waals surface area contributed by atoms with Crippen molar-refractivity contribution in [1.29, 1.82) is 0 Å². The molecule has 0 saturated carbocycles. The Kier molecular flexibility index (Phi) is 5.98. The molecule has 1 fully saturated rings. The lowest BCUT2D eigenvalue weighted by Crippen LogP contribution is -2.29. The van der Waals surface area contributed by atoms with E-state index >= 15 is 0 Å². The number of phenolic OH excluding ortho intramolecular Hbond substituents is 1. The van der Waals surface area contributed by atoms with Crippen molar-refractivity contribution in [2.24, 2.45) is 0 Å². The summed E-state index contributed by atoms with van der Waals surface area (Å²) in [5.41, 5.74) is 5.57. The van der Waals surface area contributed by atoms with Gasteiger partial charge in [-0.25, -0.2) is 0 Å². The molecule has 0 amide bonds. The van der Waals surface area contributed by atoms with Crippen LogP contribution in [0.3, 0.4) is 0 Å². The van der Waals surface area contributed by atoms with E-state index < -0.39 is 0 Å². The molecule has 1 aliphatic rings. The number of halogens is 1. The number of aromatic hydroxyl groups is 1. The maximum atomic E-state index is 10.6. The Morgan fingerprint density at radius 2 is 1.79 bits per heavy atom. The highest BCUT2D eigenvalue weighted by molar-refractivity contribution is 7.80. The summed E-state index contributed by atoms with van der Waals surface area (Å²) < 4.78 is 2.03. The number of phenols is 1. The van der Waals surface area contributed by atoms with Crippen molar-refractivity contribution in [3.05, 3.63) is 106 Å². The third kappa shape index (κ3) is 4.02. The summed E-state index contributed by atoms with van der Waals surface area (Å²) >= 11 is 12.1. The Balaban J connectivity index is 1.64. The van der Waals surface area contributed by atoms with Gasteiger partial charge in [-0.15, -0.1) is 0 Å². The first kappa shape index (κ1) is 22.4. The molecule has 2 N–H and O–H groups in total. The van der Waals surface area contributed by atoms with Crippen LogP contribution in [-0.2, 0) is 6.54 Å². The van der Waals surface area contributed by atoms with Crippen LogP contribution in [-0.4, -0.2) is 29.7 Å². The normalized spacial score (nSPS) is 17.7. The van der Waals surface area contributed by atoms with Crippen molar-refractivity contribution in [3.8, 4) is 11.4 Å². The van der Waals surface area contributed by atoms with E-state index in [2.05, 4.69) is 33.2 Å². The fourth-order valence-electron chi connectivity index (χ4n) is 4.71. The molecule has 6 nitrogen and oxygen atoms in total. The van der Waals surface area contributed by atoms with Crippen LogP contribution in [0.5, 0.6) is 5.75 Å². The van der Waals surface area contributed by atoms with E-state index in [1.807, 2.05) is 47.9 Å². The first-order valence-electron chi connectivity index (χ1n) is 11.0. The van der Waals surface area contributed by atoms with Crippen molar-refractivity contribution in [1.82, 2.24) is 24.8 Å². The largest absolute Gasteiger partial charge is 0.506 e. The minimum absolute atomic E-state index is 0.120. The molecule has 2 atom stereocenters. The number of benzene rings is 1.